The minimum Gasteiger partial charge on any atom is -0.382 e. The second-order valence-electron chi connectivity index (χ2n) is 1.93. The van der Waals surface area contributed by atoms with Crippen molar-refractivity contribution in [3.63, 3.8) is 0 Å². The molecule has 66 valence electrons. The van der Waals surface area contributed by atoms with Crippen LogP contribution in [0.4, 0.5) is 19.0 Å². The van der Waals surface area contributed by atoms with Gasteiger partial charge in [-0.1, -0.05) is 11.6 Å². The Kier molecular flexibility index (Phi) is 2.10. The monoisotopic (exact) mass is 197 g/mol. The topological polar surface area (TPSA) is 51.8 Å². The third-order valence-corrected chi connectivity index (χ3v) is 1.28. The van der Waals surface area contributed by atoms with Crippen LogP contribution in [0.5, 0.6) is 0 Å². The molecular weight excluding hydrogens is 195 g/mol. The minimum absolute atomic E-state index is 0.145. The Morgan fingerprint density at radius 1 is 1.42 bits per heavy atom. The predicted octanol–water partition coefficient (Wildman–Crippen LogP) is 1.73. The zero-order chi connectivity index (χ0) is 9.35. The standard InChI is InChI=1S/C5H3ClF3N3/c6-4-3(5(7,8)9)11-1-2(10)12-4/h1H,(H2,10,12). The quantitative estimate of drug-likeness (QED) is 0.689. The Morgan fingerprint density at radius 3 is 2.42 bits per heavy atom. The molecule has 1 heterocycles. The summed E-state index contributed by atoms with van der Waals surface area (Å²) < 4.78 is 35.9. The van der Waals surface area contributed by atoms with E-state index in [0.29, 0.717) is 0 Å². The van der Waals surface area contributed by atoms with Gasteiger partial charge in [0.15, 0.2) is 10.8 Å². The highest BCUT2D eigenvalue weighted by atomic mass is 35.5. The first-order chi connectivity index (χ1) is 5.41. The van der Waals surface area contributed by atoms with E-state index in [1.54, 1.807) is 0 Å². The molecule has 0 aliphatic rings. The fourth-order valence-electron chi connectivity index (χ4n) is 0.569. The van der Waals surface area contributed by atoms with E-state index < -0.39 is 17.0 Å². The normalized spacial score (nSPS) is 11.7. The van der Waals surface area contributed by atoms with Crippen LogP contribution in [0.2, 0.25) is 5.15 Å². The van der Waals surface area contributed by atoms with Crippen LogP contribution in [0.25, 0.3) is 0 Å². The smallest absolute Gasteiger partial charge is 0.382 e. The minimum atomic E-state index is -4.59. The summed E-state index contributed by atoms with van der Waals surface area (Å²) in [6.45, 7) is 0. The van der Waals surface area contributed by atoms with Crippen molar-refractivity contribution in [3.05, 3.63) is 17.0 Å². The van der Waals surface area contributed by atoms with Gasteiger partial charge in [0.05, 0.1) is 6.20 Å². The number of hydrogen-bond acceptors (Lipinski definition) is 3. The van der Waals surface area contributed by atoms with Crippen LogP contribution in [0.3, 0.4) is 0 Å². The van der Waals surface area contributed by atoms with Crippen molar-refractivity contribution in [3.8, 4) is 0 Å². The number of hydrogen-bond donors (Lipinski definition) is 1. The molecule has 1 aromatic heterocycles. The van der Waals surface area contributed by atoms with Crippen molar-refractivity contribution in [1.82, 2.24) is 9.97 Å². The molecule has 3 nitrogen and oxygen atoms in total. The van der Waals surface area contributed by atoms with Crippen molar-refractivity contribution in [1.29, 1.82) is 0 Å². The van der Waals surface area contributed by atoms with Gasteiger partial charge >= 0.3 is 6.18 Å². The first-order valence-electron chi connectivity index (χ1n) is 2.76. The number of nitrogen functional groups attached to an aromatic ring is 1. The molecule has 12 heavy (non-hydrogen) atoms. The maximum absolute atomic E-state index is 12.0. The predicted molar refractivity (Wildman–Crippen MR) is 36.5 cm³/mol. The Bertz CT molecular complexity index is 298. The Hall–Kier alpha value is -1.04. The fourth-order valence-corrected chi connectivity index (χ4v) is 0.823. The summed E-state index contributed by atoms with van der Waals surface area (Å²) >= 11 is 5.14. The molecule has 1 aromatic rings. The highest BCUT2D eigenvalue weighted by Gasteiger charge is 2.35. The lowest BCUT2D eigenvalue weighted by molar-refractivity contribution is -0.141. The maximum atomic E-state index is 12.0. The Balaban J connectivity index is 3.19. The lowest BCUT2D eigenvalue weighted by Crippen LogP contribution is -2.10. The summed E-state index contributed by atoms with van der Waals surface area (Å²) in [5, 5.41) is -0.734. The van der Waals surface area contributed by atoms with E-state index >= 15 is 0 Å². The van der Waals surface area contributed by atoms with Crippen LogP contribution < -0.4 is 5.73 Å². The van der Waals surface area contributed by atoms with E-state index in [-0.39, 0.29) is 5.82 Å². The van der Waals surface area contributed by atoms with Gasteiger partial charge in [0, 0.05) is 0 Å². The van der Waals surface area contributed by atoms with E-state index in [0.717, 1.165) is 6.20 Å². The van der Waals surface area contributed by atoms with Gasteiger partial charge in [-0.3, -0.25) is 0 Å². The molecule has 0 amide bonds. The lowest BCUT2D eigenvalue weighted by Gasteiger charge is -2.05. The van der Waals surface area contributed by atoms with Crippen molar-refractivity contribution in [2.45, 2.75) is 6.18 Å². The summed E-state index contributed by atoms with van der Waals surface area (Å²) in [7, 11) is 0. The van der Waals surface area contributed by atoms with Crippen LogP contribution in [0, 0.1) is 0 Å². The third kappa shape index (κ3) is 1.76. The van der Waals surface area contributed by atoms with Crippen LogP contribution >= 0.6 is 11.6 Å². The van der Waals surface area contributed by atoms with Crippen molar-refractivity contribution < 1.29 is 13.2 Å². The summed E-state index contributed by atoms with van der Waals surface area (Å²) in [5.41, 5.74) is 3.82. The largest absolute Gasteiger partial charge is 0.436 e. The molecule has 7 heteroatoms. The van der Waals surface area contributed by atoms with E-state index in [1.165, 1.54) is 0 Å². The third-order valence-electron chi connectivity index (χ3n) is 1.02. The van der Waals surface area contributed by atoms with E-state index in [1.807, 2.05) is 0 Å². The summed E-state index contributed by atoms with van der Waals surface area (Å²) in [6.07, 6.45) is -3.79. The molecule has 0 spiro atoms. The van der Waals surface area contributed by atoms with Crippen LogP contribution in [-0.2, 0) is 6.18 Å². The molecule has 0 aliphatic heterocycles. The summed E-state index contributed by atoms with van der Waals surface area (Å²) in [6, 6.07) is 0. The van der Waals surface area contributed by atoms with Gasteiger partial charge in [-0.15, -0.1) is 0 Å². The summed E-state index contributed by atoms with van der Waals surface area (Å²) in [5.74, 6) is -0.145. The number of alkyl halides is 3. The van der Waals surface area contributed by atoms with E-state index in [2.05, 4.69) is 9.97 Å². The lowest BCUT2D eigenvalue weighted by atomic mass is 10.4. The first kappa shape index (κ1) is 9.05. The highest BCUT2D eigenvalue weighted by Crippen LogP contribution is 2.31. The molecule has 0 aromatic carbocycles. The van der Waals surface area contributed by atoms with Gasteiger partial charge in [0.2, 0.25) is 0 Å². The molecule has 1 rings (SSSR count). The van der Waals surface area contributed by atoms with Crippen molar-refractivity contribution in [2.75, 3.05) is 5.73 Å². The van der Waals surface area contributed by atoms with Gasteiger partial charge in [0.1, 0.15) is 5.82 Å². The van der Waals surface area contributed by atoms with Crippen LogP contribution in [-0.4, -0.2) is 9.97 Å². The number of rotatable bonds is 0. The van der Waals surface area contributed by atoms with Gasteiger partial charge in [-0.2, -0.15) is 13.2 Å². The van der Waals surface area contributed by atoms with Crippen molar-refractivity contribution in [2.24, 2.45) is 0 Å². The van der Waals surface area contributed by atoms with Gasteiger partial charge in [-0.05, 0) is 0 Å². The SMILES string of the molecule is Nc1cnc(C(F)(F)F)c(Cl)n1. The zero-order valence-electron chi connectivity index (χ0n) is 5.56. The second-order valence-corrected chi connectivity index (χ2v) is 2.29. The number of anilines is 1. The number of nitrogens with zero attached hydrogens (tertiary/aromatic N) is 2. The average molecular weight is 198 g/mol. The molecule has 0 radical (unpaired) electrons. The van der Waals surface area contributed by atoms with E-state index in [4.69, 9.17) is 17.3 Å². The molecule has 0 fully saturated rings. The van der Waals surface area contributed by atoms with Crippen LogP contribution in [0.15, 0.2) is 6.20 Å². The molecular formula is C5H3ClF3N3. The Labute approximate surface area is 70.4 Å². The van der Waals surface area contributed by atoms with Crippen LogP contribution in [0.1, 0.15) is 5.69 Å². The molecule has 0 aliphatic carbocycles. The Morgan fingerprint density at radius 2 is 2.00 bits per heavy atom. The van der Waals surface area contributed by atoms with Crippen molar-refractivity contribution >= 4 is 17.4 Å². The van der Waals surface area contributed by atoms with Gasteiger partial charge in [0.25, 0.3) is 0 Å². The molecule has 0 saturated carbocycles. The highest BCUT2D eigenvalue weighted by molar-refractivity contribution is 6.30. The molecule has 0 bridgehead atoms. The van der Waals surface area contributed by atoms with E-state index in [9.17, 15) is 13.2 Å². The second kappa shape index (κ2) is 2.78. The molecule has 0 saturated heterocycles. The number of halogens is 4. The molecule has 0 atom stereocenters. The summed E-state index contributed by atoms with van der Waals surface area (Å²) in [4.78, 5) is 6.21. The fraction of sp³-hybridized carbons (Fsp3) is 0.200. The number of aromatic nitrogens is 2. The maximum Gasteiger partial charge on any atom is 0.436 e. The molecule has 2 N–H and O–H groups in total. The average Bonchev–Trinajstić information content (AvgIpc) is 1.83. The van der Waals surface area contributed by atoms with Gasteiger partial charge in [-0.25, -0.2) is 9.97 Å². The molecule has 0 unspecified atom stereocenters. The first-order valence-corrected chi connectivity index (χ1v) is 3.14. The van der Waals surface area contributed by atoms with Gasteiger partial charge < -0.3 is 5.73 Å². The zero-order valence-corrected chi connectivity index (χ0v) is 6.32. The number of nitrogens with two attached hydrogens (primary N) is 1.